The van der Waals surface area contributed by atoms with Crippen LogP contribution in [0.1, 0.15) is 18.4 Å². The van der Waals surface area contributed by atoms with Gasteiger partial charge in [0.1, 0.15) is 0 Å². The van der Waals surface area contributed by atoms with Crippen LogP contribution in [0.15, 0.2) is 23.3 Å². The molecule has 7 nitrogen and oxygen atoms in total. The van der Waals surface area contributed by atoms with Crippen LogP contribution in [0.2, 0.25) is 0 Å². The number of halogens is 4. The van der Waals surface area contributed by atoms with Crippen LogP contribution in [0.4, 0.5) is 13.2 Å². The number of hydrogen-bond donors (Lipinski definition) is 2. The minimum Gasteiger partial charge on any atom is -0.468 e. The van der Waals surface area contributed by atoms with E-state index in [1.54, 1.807) is 13.1 Å². The van der Waals surface area contributed by atoms with Gasteiger partial charge in [0.25, 0.3) is 0 Å². The van der Waals surface area contributed by atoms with Crippen molar-refractivity contribution in [2.45, 2.75) is 25.6 Å². The van der Waals surface area contributed by atoms with E-state index in [0.717, 1.165) is 38.2 Å². The summed E-state index contributed by atoms with van der Waals surface area (Å²) in [6, 6.07) is 3.06. The summed E-state index contributed by atoms with van der Waals surface area (Å²) in [6.07, 6.45) is -0.997. The largest absolute Gasteiger partial charge is 0.468 e. The predicted molar refractivity (Wildman–Crippen MR) is 114 cm³/mol. The first-order valence-corrected chi connectivity index (χ1v) is 9.21. The summed E-state index contributed by atoms with van der Waals surface area (Å²) in [5.74, 6) is 1.08. The molecular formula is C18H28F3IN4O3. The van der Waals surface area contributed by atoms with E-state index in [2.05, 4.69) is 25.3 Å². The Morgan fingerprint density at radius 3 is 2.79 bits per heavy atom. The first-order chi connectivity index (χ1) is 13.5. The van der Waals surface area contributed by atoms with Gasteiger partial charge in [-0.25, -0.2) is 4.98 Å². The van der Waals surface area contributed by atoms with E-state index in [-0.39, 0.29) is 29.9 Å². The number of nitrogens with one attached hydrogen (secondary N) is 2. The van der Waals surface area contributed by atoms with Crippen LogP contribution < -0.4 is 15.4 Å². The summed E-state index contributed by atoms with van der Waals surface area (Å²) in [4.78, 5) is 7.99. The fourth-order valence-electron chi connectivity index (χ4n) is 2.51. The molecule has 29 heavy (non-hydrogen) atoms. The first kappa shape index (κ1) is 25.7. The van der Waals surface area contributed by atoms with Crippen LogP contribution >= 0.6 is 24.0 Å². The van der Waals surface area contributed by atoms with E-state index < -0.39 is 12.8 Å². The fourth-order valence-corrected chi connectivity index (χ4v) is 2.51. The Morgan fingerprint density at radius 2 is 2.17 bits per heavy atom. The van der Waals surface area contributed by atoms with Gasteiger partial charge in [-0.1, -0.05) is 6.07 Å². The smallest absolute Gasteiger partial charge is 0.422 e. The van der Waals surface area contributed by atoms with Crippen molar-refractivity contribution in [3.63, 3.8) is 0 Å². The van der Waals surface area contributed by atoms with Gasteiger partial charge < -0.3 is 24.8 Å². The molecule has 0 bridgehead atoms. The molecule has 0 amide bonds. The summed E-state index contributed by atoms with van der Waals surface area (Å²) in [7, 11) is 1.66. The van der Waals surface area contributed by atoms with Crippen LogP contribution in [0.5, 0.6) is 5.88 Å². The number of guanidine groups is 1. The van der Waals surface area contributed by atoms with Crippen molar-refractivity contribution in [2.24, 2.45) is 10.9 Å². The molecule has 166 valence electrons. The monoisotopic (exact) mass is 532 g/mol. The second-order valence-electron chi connectivity index (χ2n) is 6.42. The van der Waals surface area contributed by atoms with Gasteiger partial charge in [-0.2, -0.15) is 13.2 Å². The van der Waals surface area contributed by atoms with Crippen LogP contribution in [0, 0.1) is 5.92 Å². The van der Waals surface area contributed by atoms with Crippen molar-refractivity contribution in [3.05, 3.63) is 23.9 Å². The number of aliphatic imine (C=N–C) groups is 1. The maximum Gasteiger partial charge on any atom is 0.422 e. The molecule has 0 aliphatic carbocycles. The van der Waals surface area contributed by atoms with Gasteiger partial charge in [0.2, 0.25) is 5.88 Å². The lowest BCUT2D eigenvalue weighted by atomic mass is 10.1. The Bertz CT molecular complexity index is 597. The van der Waals surface area contributed by atoms with Crippen LogP contribution in [-0.4, -0.2) is 63.7 Å². The molecule has 11 heteroatoms. The number of pyridine rings is 1. The van der Waals surface area contributed by atoms with E-state index in [4.69, 9.17) is 9.47 Å². The molecular weight excluding hydrogens is 504 g/mol. The number of alkyl halides is 3. The zero-order valence-electron chi connectivity index (χ0n) is 16.3. The van der Waals surface area contributed by atoms with Crippen molar-refractivity contribution in [1.29, 1.82) is 0 Å². The second-order valence-corrected chi connectivity index (χ2v) is 6.42. The lowest BCUT2D eigenvalue weighted by Gasteiger charge is -2.13. The molecule has 1 aromatic rings. The highest BCUT2D eigenvalue weighted by atomic mass is 127. The fraction of sp³-hybridized carbons (Fsp3) is 0.667. The molecule has 1 aliphatic heterocycles. The summed E-state index contributed by atoms with van der Waals surface area (Å²) in [5.41, 5.74) is 0.796. The Kier molecular flexibility index (Phi) is 12.2. The number of hydrogen-bond acceptors (Lipinski definition) is 5. The quantitative estimate of drug-likeness (QED) is 0.209. The molecule has 2 rings (SSSR count). The Labute approximate surface area is 185 Å². The number of nitrogens with zero attached hydrogens (tertiary/aromatic N) is 2. The Balaban J connectivity index is 0.00000420. The van der Waals surface area contributed by atoms with Crippen molar-refractivity contribution in [1.82, 2.24) is 15.6 Å². The van der Waals surface area contributed by atoms with Gasteiger partial charge in [-0.3, -0.25) is 4.99 Å². The van der Waals surface area contributed by atoms with Gasteiger partial charge in [-0.15, -0.1) is 24.0 Å². The Hall–Kier alpha value is -1.34. The molecule has 2 heterocycles. The van der Waals surface area contributed by atoms with Gasteiger partial charge in [0.05, 0.1) is 13.2 Å². The predicted octanol–water partition coefficient (Wildman–Crippen LogP) is 2.75. The van der Waals surface area contributed by atoms with Gasteiger partial charge >= 0.3 is 6.18 Å². The summed E-state index contributed by atoms with van der Waals surface area (Å²) in [6.45, 7) is 2.82. The molecule has 2 N–H and O–H groups in total. The van der Waals surface area contributed by atoms with Gasteiger partial charge in [0, 0.05) is 51.5 Å². The highest BCUT2D eigenvalue weighted by Gasteiger charge is 2.28. The first-order valence-electron chi connectivity index (χ1n) is 9.21. The van der Waals surface area contributed by atoms with Crippen molar-refractivity contribution < 1.29 is 27.4 Å². The number of ether oxygens (including phenoxy) is 3. The van der Waals surface area contributed by atoms with E-state index in [1.807, 2.05) is 0 Å². The van der Waals surface area contributed by atoms with E-state index >= 15 is 0 Å². The molecule has 1 fully saturated rings. The SMILES string of the molecule is CN=C(NCCCOCC1CCOC1)NCc1ccc(OCC(F)(F)F)nc1.I. The normalized spacial score (nSPS) is 17.0. The molecule has 0 saturated carbocycles. The van der Waals surface area contributed by atoms with E-state index in [1.165, 1.54) is 12.3 Å². The molecule has 0 aromatic carbocycles. The highest BCUT2D eigenvalue weighted by molar-refractivity contribution is 14.0. The average molecular weight is 532 g/mol. The lowest BCUT2D eigenvalue weighted by Crippen LogP contribution is -2.37. The maximum atomic E-state index is 12.1. The molecule has 0 spiro atoms. The van der Waals surface area contributed by atoms with Crippen molar-refractivity contribution in [2.75, 3.05) is 46.6 Å². The minimum atomic E-state index is -4.38. The third-order valence-electron chi connectivity index (χ3n) is 4.00. The average Bonchev–Trinajstić information content (AvgIpc) is 3.19. The molecule has 0 radical (unpaired) electrons. The summed E-state index contributed by atoms with van der Waals surface area (Å²) < 4.78 is 51.9. The lowest BCUT2D eigenvalue weighted by molar-refractivity contribution is -0.154. The third-order valence-corrected chi connectivity index (χ3v) is 4.00. The molecule has 1 unspecified atom stereocenters. The van der Waals surface area contributed by atoms with Crippen molar-refractivity contribution in [3.8, 4) is 5.88 Å². The van der Waals surface area contributed by atoms with Gasteiger partial charge in [0.15, 0.2) is 12.6 Å². The summed E-state index contributed by atoms with van der Waals surface area (Å²) in [5, 5.41) is 6.30. The molecule has 1 saturated heterocycles. The van der Waals surface area contributed by atoms with Gasteiger partial charge in [-0.05, 0) is 18.4 Å². The molecule has 1 aromatic heterocycles. The zero-order chi connectivity index (χ0) is 20.2. The number of rotatable bonds is 10. The molecule has 1 atom stereocenters. The van der Waals surface area contributed by atoms with Crippen LogP contribution in [0.3, 0.4) is 0 Å². The number of aromatic nitrogens is 1. The summed E-state index contributed by atoms with van der Waals surface area (Å²) >= 11 is 0. The zero-order valence-corrected chi connectivity index (χ0v) is 18.7. The highest BCUT2D eigenvalue weighted by Crippen LogP contribution is 2.17. The third kappa shape index (κ3) is 11.4. The van der Waals surface area contributed by atoms with E-state index in [0.29, 0.717) is 31.6 Å². The topological polar surface area (TPSA) is 77.0 Å². The van der Waals surface area contributed by atoms with Crippen molar-refractivity contribution >= 4 is 29.9 Å². The van der Waals surface area contributed by atoms with Crippen LogP contribution in [0.25, 0.3) is 0 Å². The molecule has 1 aliphatic rings. The minimum absolute atomic E-state index is 0. The standard InChI is InChI=1S/C18H27F3N4O3.HI/c1-22-17(23-6-2-7-26-11-15-5-8-27-12-15)25-10-14-3-4-16(24-9-14)28-13-18(19,20)21;/h3-4,9,15H,2,5-8,10-13H2,1H3,(H2,22,23,25);1H. The van der Waals surface area contributed by atoms with Crippen LogP contribution in [-0.2, 0) is 16.0 Å². The maximum absolute atomic E-state index is 12.1. The van der Waals surface area contributed by atoms with E-state index in [9.17, 15) is 13.2 Å². The second kappa shape index (κ2) is 13.8. The Morgan fingerprint density at radius 1 is 1.34 bits per heavy atom.